The van der Waals surface area contributed by atoms with Gasteiger partial charge in [-0.05, 0) is 30.5 Å². The summed E-state index contributed by atoms with van der Waals surface area (Å²) in [6.45, 7) is 0.678. The highest BCUT2D eigenvalue weighted by atomic mass is 16.4. The Bertz CT molecular complexity index is 459. The molecule has 1 heterocycles. The first-order valence-corrected chi connectivity index (χ1v) is 6.03. The summed E-state index contributed by atoms with van der Waals surface area (Å²) in [5, 5.41) is 10.4. The molecule has 18 heavy (non-hydrogen) atoms. The molecule has 1 aliphatic rings. The molecule has 1 amide bonds. The Labute approximate surface area is 105 Å². The zero-order chi connectivity index (χ0) is 13.0. The van der Waals surface area contributed by atoms with Gasteiger partial charge in [0.25, 0.3) is 0 Å². The first-order chi connectivity index (χ1) is 8.65. The van der Waals surface area contributed by atoms with Gasteiger partial charge in [0.2, 0.25) is 5.91 Å². The molecule has 0 aromatic heterocycles. The molecule has 1 aliphatic heterocycles. The molecule has 2 N–H and O–H groups in total. The molecule has 0 bridgehead atoms. The maximum absolute atomic E-state index is 11.1. The van der Waals surface area contributed by atoms with Gasteiger partial charge >= 0.3 is 5.97 Å². The number of carboxylic acid groups (broad SMARTS) is 1. The highest BCUT2D eigenvalue weighted by Crippen LogP contribution is 2.18. The van der Waals surface area contributed by atoms with E-state index in [1.807, 2.05) is 29.3 Å². The minimum Gasteiger partial charge on any atom is -0.481 e. The molecule has 96 valence electrons. The van der Waals surface area contributed by atoms with E-state index in [4.69, 9.17) is 5.11 Å². The third-order valence-corrected chi connectivity index (χ3v) is 2.90. The number of carboxylic acids is 1. The van der Waals surface area contributed by atoms with Crippen LogP contribution in [0.1, 0.15) is 24.8 Å². The monoisotopic (exact) mass is 248 g/mol. The number of nitrogens with one attached hydrogen (secondary N) is 1. The van der Waals surface area contributed by atoms with Gasteiger partial charge in [-0.15, -0.1) is 0 Å². The van der Waals surface area contributed by atoms with Crippen LogP contribution in [0.3, 0.4) is 0 Å². The second kappa shape index (κ2) is 5.53. The van der Waals surface area contributed by atoms with Gasteiger partial charge in [0.05, 0.1) is 5.69 Å². The van der Waals surface area contributed by atoms with Gasteiger partial charge in [-0.1, -0.05) is 12.1 Å². The van der Waals surface area contributed by atoms with E-state index in [9.17, 15) is 9.59 Å². The van der Waals surface area contributed by atoms with Gasteiger partial charge in [0.15, 0.2) is 0 Å². The van der Waals surface area contributed by atoms with Crippen LogP contribution in [-0.2, 0) is 16.0 Å². The number of hydrogen-bond acceptors (Lipinski definition) is 3. The Balaban J connectivity index is 1.96. The molecular weight excluding hydrogens is 232 g/mol. The summed E-state index contributed by atoms with van der Waals surface area (Å²) in [4.78, 5) is 21.6. The van der Waals surface area contributed by atoms with E-state index in [-0.39, 0.29) is 12.3 Å². The maximum Gasteiger partial charge on any atom is 0.303 e. The molecule has 2 rings (SSSR count). The maximum atomic E-state index is 11.1. The fourth-order valence-electron chi connectivity index (χ4n) is 1.99. The lowest BCUT2D eigenvalue weighted by atomic mass is 10.1. The molecule has 0 saturated carbocycles. The standard InChI is InChI=1S/C13H16N2O3/c16-12-7-8-15(14-12)11-5-1-3-10(9-11)4-2-6-13(17)18/h1,3,5,9H,2,4,6-8H2,(H,14,16)(H,17,18). The number of carbonyl (C=O) groups excluding carboxylic acids is 1. The number of rotatable bonds is 5. The summed E-state index contributed by atoms with van der Waals surface area (Å²) < 4.78 is 0. The molecule has 0 atom stereocenters. The number of anilines is 1. The first kappa shape index (κ1) is 12.4. The van der Waals surface area contributed by atoms with Crippen LogP contribution in [0.5, 0.6) is 0 Å². The Kier molecular flexibility index (Phi) is 3.82. The van der Waals surface area contributed by atoms with E-state index in [2.05, 4.69) is 5.43 Å². The van der Waals surface area contributed by atoms with Crippen molar-refractivity contribution in [2.24, 2.45) is 0 Å². The number of carbonyl (C=O) groups is 2. The molecule has 5 nitrogen and oxygen atoms in total. The number of amides is 1. The summed E-state index contributed by atoms with van der Waals surface area (Å²) in [7, 11) is 0. The zero-order valence-electron chi connectivity index (χ0n) is 10.1. The summed E-state index contributed by atoms with van der Waals surface area (Å²) >= 11 is 0. The van der Waals surface area contributed by atoms with Crippen molar-refractivity contribution in [2.45, 2.75) is 25.7 Å². The van der Waals surface area contributed by atoms with E-state index in [0.717, 1.165) is 17.7 Å². The lowest BCUT2D eigenvalue weighted by Gasteiger charge is -2.18. The predicted molar refractivity (Wildman–Crippen MR) is 67.1 cm³/mol. The Morgan fingerprint density at radius 1 is 1.44 bits per heavy atom. The molecule has 1 saturated heterocycles. The molecule has 1 aromatic rings. The number of benzene rings is 1. The fourth-order valence-corrected chi connectivity index (χ4v) is 1.99. The first-order valence-electron chi connectivity index (χ1n) is 6.03. The van der Waals surface area contributed by atoms with Crippen LogP contribution >= 0.6 is 0 Å². The van der Waals surface area contributed by atoms with Crippen molar-refractivity contribution >= 4 is 17.6 Å². The van der Waals surface area contributed by atoms with Gasteiger partial charge in [-0.25, -0.2) is 0 Å². The average Bonchev–Trinajstić information content (AvgIpc) is 2.76. The van der Waals surface area contributed by atoms with Crippen LogP contribution in [0.2, 0.25) is 0 Å². The van der Waals surface area contributed by atoms with Crippen molar-refractivity contribution < 1.29 is 14.7 Å². The van der Waals surface area contributed by atoms with Gasteiger partial charge in [-0.2, -0.15) is 0 Å². The normalized spacial score (nSPS) is 14.7. The third-order valence-electron chi connectivity index (χ3n) is 2.90. The smallest absolute Gasteiger partial charge is 0.303 e. The van der Waals surface area contributed by atoms with Gasteiger partial charge in [0.1, 0.15) is 0 Å². The average molecular weight is 248 g/mol. The second-order valence-corrected chi connectivity index (χ2v) is 4.35. The topological polar surface area (TPSA) is 69.6 Å². The van der Waals surface area contributed by atoms with Crippen LogP contribution < -0.4 is 10.4 Å². The fraction of sp³-hybridized carbons (Fsp3) is 0.385. The van der Waals surface area contributed by atoms with E-state index in [1.165, 1.54) is 0 Å². The summed E-state index contributed by atoms with van der Waals surface area (Å²) in [6, 6.07) is 7.83. The van der Waals surface area contributed by atoms with Crippen molar-refractivity contribution in [3.05, 3.63) is 29.8 Å². The molecular formula is C13H16N2O3. The molecule has 1 fully saturated rings. The van der Waals surface area contributed by atoms with Gasteiger partial charge < -0.3 is 5.11 Å². The van der Waals surface area contributed by atoms with Crippen molar-refractivity contribution in [2.75, 3.05) is 11.6 Å². The zero-order valence-corrected chi connectivity index (χ0v) is 10.1. The molecule has 0 radical (unpaired) electrons. The van der Waals surface area contributed by atoms with Gasteiger partial charge in [0, 0.05) is 19.4 Å². The van der Waals surface area contributed by atoms with E-state index in [1.54, 1.807) is 0 Å². The van der Waals surface area contributed by atoms with E-state index in [0.29, 0.717) is 19.4 Å². The van der Waals surface area contributed by atoms with Crippen LogP contribution in [0.4, 0.5) is 5.69 Å². The van der Waals surface area contributed by atoms with E-state index < -0.39 is 5.97 Å². The predicted octanol–water partition coefficient (Wildman–Crippen LogP) is 1.34. The Morgan fingerprint density at radius 2 is 2.28 bits per heavy atom. The Hall–Kier alpha value is -2.04. The third kappa shape index (κ3) is 3.23. The quantitative estimate of drug-likeness (QED) is 0.825. The minimum absolute atomic E-state index is 0.0336. The minimum atomic E-state index is -0.766. The van der Waals surface area contributed by atoms with E-state index >= 15 is 0 Å². The molecule has 0 unspecified atom stereocenters. The van der Waals surface area contributed by atoms with Crippen LogP contribution in [0.25, 0.3) is 0 Å². The lowest BCUT2D eigenvalue weighted by molar-refractivity contribution is -0.137. The number of hydrazine groups is 1. The highest BCUT2D eigenvalue weighted by Gasteiger charge is 2.18. The SMILES string of the molecule is O=C(O)CCCc1cccc(N2CCC(=O)N2)c1. The molecule has 1 aromatic carbocycles. The molecule has 0 spiro atoms. The number of aryl methyl sites for hydroxylation is 1. The summed E-state index contributed by atoms with van der Waals surface area (Å²) in [5.41, 5.74) is 4.82. The Morgan fingerprint density at radius 3 is 2.94 bits per heavy atom. The number of nitrogens with zero attached hydrogens (tertiary/aromatic N) is 1. The van der Waals surface area contributed by atoms with Crippen molar-refractivity contribution in [1.82, 2.24) is 5.43 Å². The largest absolute Gasteiger partial charge is 0.481 e. The van der Waals surface area contributed by atoms with Crippen molar-refractivity contribution in [3.63, 3.8) is 0 Å². The van der Waals surface area contributed by atoms with Crippen LogP contribution in [0.15, 0.2) is 24.3 Å². The summed E-state index contributed by atoms with van der Waals surface area (Å²) in [5.74, 6) is -0.732. The summed E-state index contributed by atoms with van der Waals surface area (Å²) in [6.07, 6.45) is 2.07. The highest BCUT2D eigenvalue weighted by molar-refractivity contribution is 5.81. The number of hydrogen-bond donors (Lipinski definition) is 2. The van der Waals surface area contributed by atoms with Crippen molar-refractivity contribution in [3.8, 4) is 0 Å². The number of aliphatic carboxylic acids is 1. The molecule has 5 heteroatoms. The van der Waals surface area contributed by atoms with Crippen LogP contribution in [0, 0.1) is 0 Å². The molecule has 0 aliphatic carbocycles. The second-order valence-electron chi connectivity index (χ2n) is 4.35. The van der Waals surface area contributed by atoms with Gasteiger partial charge in [-0.3, -0.25) is 20.0 Å². The van der Waals surface area contributed by atoms with Crippen LogP contribution in [-0.4, -0.2) is 23.5 Å². The van der Waals surface area contributed by atoms with Crippen molar-refractivity contribution in [1.29, 1.82) is 0 Å². The lowest BCUT2D eigenvalue weighted by Crippen LogP contribution is -2.32.